The number of esters is 1. The van der Waals surface area contributed by atoms with Gasteiger partial charge in [0.1, 0.15) is 0 Å². The Labute approximate surface area is 154 Å². The number of halogens is 1. The number of nitrogens with zero attached hydrogens (tertiary/aromatic N) is 1. The van der Waals surface area contributed by atoms with E-state index in [9.17, 15) is 4.79 Å². The molecule has 0 amide bonds. The summed E-state index contributed by atoms with van der Waals surface area (Å²) in [5.74, 6) is -0.237. The van der Waals surface area contributed by atoms with Crippen molar-refractivity contribution in [3.8, 4) is 0 Å². The average Bonchev–Trinajstić information content (AvgIpc) is 2.99. The van der Waals surface area contributed by atoms with Crippen LogP contribution < -0.4 is 0 Å². The van der Waals surface area contributed by atoms with E-state index in [1.54, 1.807) is 0 Å². The van der Waals surface area contributed by atoms with Crippen molar-refractivity contribution in [1.29, 1.82) is 0 Å². The zero-order valence-corrected chi connectivity index (χ0v) is 15.5. The molecule has 2 aromatic carbocycles. The van der Waals surface area contributed by atoms with E-state index in [0.717, 1.165) is 29.2 Å². The second-order valence-electron chi connectivity index (χ2n) is 6.67. The molecule has 1 heterocycles. The van der Waals surface area contributed by atoms with Crippen molar-refractivity contribution in [2.24, 2.45) is 5.92 Å². The van der Waals surface area contributed by atoms with Gasteiger partial charge in [-0.05, 0) is 36.6 Å². The van der Waals surface area contributed by atoms with Crippen molar-refractivity contribution in [3.05, 3.63) is 70.2 Å². The zero-order chi connectivity index (χ0) is 17.8. The summed E-state index contributed by atoms with van der Waals surface area (Å²) < 4.78 is 5.33. The van der Waals surface area contributed by atoms with Crippen molar-refractivity contribution >= 4 is 17.6 Å². The van der Waals surface area contributed by atoms with Gasteiger partial charge in [-0.1, -0.05) is 54.1 Å². The molecule has 1 saturated heterocycles. The van der Waals surface area contributed by atoms with E-state index in [4.69, 9.17) is 16.3 Å². The zero-order valence-electron chi connectivity index (χ0n) is 14.7. The number of hydrogen-bond acceptors (Lipinski definition) is 3. The fourth-order valence-electron chi connectivity index (χ4n) is 3.59. The van der Waals surface area contributed by atoms with Crippen LogP contribution >= 0.6 is 11.6 Å². The molecule has 0 N–H and O–H groups in total. The van der Waals surface area contributed by atoms with Crippen molar-refractivity contribution in [1.82, 2.24) is 4.90 Å². The molecule has 1 aliphatic heterocycles. The lowest BCUT2D eigenvalue weighted by atomic mass is 9.88. The van der Waals surface area contributed by atoms with Gasteiger partial charge < -0.3 is 4.74 Å². The van der Waals surface area contributed by atoms with Gasteiger partial charge in [-0.15, -0.1) is 0 Å². The molecule has 1 fully saturated rings. The van der Waals surface area contributed by atoms with Crippen LogP contribution in [0.25, 0.3) is 0 Å². The van der Waals surface area contributed by atoms with Crippen LogP contribution in [0, 0.1) is 12.8 Å². The van der Waals surface area contributed by atoms with E-state index in [1.807, 2.05) is 38.1 Å². The number of ether oxygens (including phenoxy) is 1. The van der Waals surface area contributed by atoms with Gasteiger partial charge in [0, 0.05) is 30.6 Å². The van der Waals surface area contributed by atoms with Crippen LogP contribution in [0.5, 0.6) is 0 Å². The fraction of sp³-hybridized carbons (Fsp3) is 0.381. The SMILES string of the molecule is CCOC(=O)C1CN(Cc2ccccc2)CC1c1ccc(C)cc1Cl. The topological polar surface area (TPSA) is 29.5 Å². The van der Waals surface area contributed by atoms with Gasteiger partial charge >= 0.3 is 5.97 Å². The van der Waals surface area contributed by atoms with Crippen molar-refractivity contribution < 1.29 is 9.53 Å². The van der Waals surface area contributed by atoms with Gasteiger partial charge in [0.05, 0.1) is 12.5 Å². The van der Waals surface area contributed by atoms with Crippen LogP contribution in [0.2, 0.25) is 5.02 Å². The Morgan fingerprint density at radius 3 is 2.64 bits per heavy atom. The van der Waals surface area contributed by atoms with E-state index in [0.29, 0.717) is 13.2 Å². The molecule has 25 heavy (non-hydrogen) atoms. The number of benzene rings is 2. The third-order valence-corrected chi connectivity index (χ3v) is 5.12. The number of likely N-dealkylation sites (tertiary alicyclic amines) is 1. The van der Waals surface area contributed by atoms with Crippen molar-refractivity contribution in [3.63, 3.8) is 0 Å². The first-order valence-corrected chi connectivity index (χ1v) is 9.15. The van der Waals surface area contributed by atoms with Crippen LogP contribution in [0.4, 0.5) is 0 Å². The van der Waals surface area contributed by atoms with E-state index >= 15 is 0 Å². The predicted octanol–water partition coefficient (Wildman–Crippen LogP) is 4.43. The highest BCUT2D eigenvalue weighted by atomic mass is 35.5. The summed E-state index contributed by atoms with van der Waals surface area (Å²) in [4.78, 5) is 14.8. The molecule has 2 aromatic rings. The molecule has 0 spiro atoms. The van der Waals surface area contributed by atoms with Gasteiger partial charge in [-0.3, -0.25) is 9.69 Å². The molecule has 4 heteroatoms. The van der Waals surface area contributed by atoms with Crippen molar-refractivity contribution in [2.45, 2.75) is 26.3 Å². The molecule has 2 unspecified atom stereocenters. The van der Waals surface area contributed by atoms with Gasteiger partial charge in [-0.2, -0.15) is 0 Å². The molecule has 2 atom stereocenters. The van der Waals surface area contributed by atoms with Crippen molar-refractivity contribution in [2.75, 3.05) is 19.7 Å². The quantitative estimate of drug-likeness (QED) is 0.741. The molecule has 0 aromatic heterocycles. The highest BCUT2D eigenvalue weighted by molar-refractivity contribution is 6.31. The molecular formula is C21H24ClNO2. The van der Waals surface area contributed by atoms with Crippen LogP contribution in [0.3, 0.4) is 0 Å². The second-order valence-corrected chi connectivity index (χ2v) is 7.08. The smallest absolute Gasteiger partial charge is 0.310 e. The lowest BCUT2D eigenvalue weighted by molar-refractivity contribution is -0.148. The first-order chi connectivity index (χ1) is 12.1. The minimum absolute atomic E-state index is 0.0656. The molecule has 0 bridgehead atoms. The minimum atomic E-state index is -0.177. The number of hydrogen-bond donors (Lipinski definition) is 0. The number of aryl methyl sites for hydroxylation is 1. The van der Waals surface area contributed by atoms with Crippen LogP contribution in [-0.2, 0) is 16.1 Å². The number of rotatable bonds is 5. The summed E-state index contributed by atoms with van der Waals surface area (Å²) in [6.45, 7) is 6.61. The fourth-order valence-corrected chi connectivity index (χ4v) is 3.97. The van der Waals surface area contributed by atoms with Crippen LogP contribution in [-0.4, -0.2) is 30.6 Å². The summed E-state index contributed by atoms with van der Waals surface area (Å²) in [6.07, 6.45) is 0. The van der Waals surface area contributed by atoms with Gasteiger partial charge in [-0.25, -0.2) is 0 Å². The first kappa shape index (κ1) is 18.0. The highest BCUT2D eigenvalue weighted by Crippen LogP contribution is 2.38. The van der Waals surface area contributed by atoms with E-state index in [-0.39, 0.29) is 17.8 Å². The van der Waals surface area contributed by atoms with Gasteiger partial charge in [0.2, 0.25) is 0 Å². The van der Waals surface area contributed by atoms with Crippen LogP contribution in [0.15, 0.2) is 48.5 Å². The Kier molecular flexibility index (Phi) is 5.77. The molecule has 132 valence electrons. The largest absolute Gasteiger partial charge is 0.466 e. The predicted molar refractivity (Wildman–Crippen MR) is 101 cm³/mol. The molecule has 0 saturated carbocycles. The summed E-state index contributed by atoms with van der Waals surface area (Å²) in [5, 5.41) is 0.737. The lowest BCUT2D eigenvalue weighted by Crippen LogP contribution is -2.25. The summed E-state index contributed by atoms with van der Waals surface area (Å²) in [5.41, 5.74) is 3.42. The molecule has 3 rings (SSSR count). The third-order valence-electron chi connectivity index (χ3n) is 4.79. The van der Waals surface area contributed by atoms with Gasteiger partial charge in [0.25, 0.3) is 0 Å². The molecule has 0 radical (unpaired) electrons. The van der Waals surface area contributed by atoms with Crippen LogP contribution in [0.1, 0.15) is 29.5 Å². The lowest BCUT2D eigenvalue weighted by Gasteiger charge is -2.19. The van der Waals surface area contributed by atoms with E-state index in [1.165, 1.54) is 5.56 Å². The standard InChI is InChI=1S/C21H24ClNO2/c1-3-25-21(24)19-14-23(12-16-7-5-4-6-8-16)13-18(19)17-10-9-15(2)11-20(17)22/h4-11,18-19H,3,12-14H2,1-2H3. The van der Waals surface area contributed by atoms with E-state index in [2.05, 4.69) is 29.2 Å². The summed E-state index contributed by atoms with van der Waals surface area (Å²) in [6, 6.07) is 16.4. The maximum absolute atomic E-state index is 12.5. The Hall–Kier alpha value is -1.84. The average molecular weight is 358 g/mol. The Morgan fingerprint density at radius 1 is 1.20 bits per heavy atom. The third kappa shape index (κ3) is 4.23. The number of carbonyl (C=O) groups excluding carboxylic acids is 1. The maximum atomic E-state index is 12.5. The Morgan fingerprint density at radius 2 is 1.96 bits per heavy atom. The molecule has 1 aliphatic rings. The molecule has 0 aliphatic carbocycles. The van der Waals surface area contributed by atoms with E-state index < -0.39 is 0 Å². The monoisotopic (exact) mass is 357 g/mol. The highest BCUT2D eigenvalue weighted by Gasteiger charge is 2.40. The molecular weight excluding hydrogens is 334 g/mol. The minimum Gasteiger partial charge on any atom is -0.466 e. The normalized spacial score (nSPS) is 20.6. The van der Waals surface area contributed by atoms with Gasteiger partial charge in [0.15, 0.2) is 0 Å². The first-order valence-electron chi connectivity index (χ1n) is 8.77. The summed E-state index contributed by atoms with van der Waals surface area (Å²) in [7, 11) is 0. The second kappa shape index (κ2) is 8.03. The Balaban J connectivity index is 1.84. The maximum Gasteiger partial charge on any atom is 0.310 e. The summed E-state index contributed by atoms with van der Waals surface area (Å²) >= 11 is 6.49. The molecule has 3 nitrogen and oxygen atoms in total. The number of carbonyl (C=O) groups is 1. The Bertz CT molecular complexity index is 732.